The highest BCUT2D eigenvalue weighted by Crippen LogP contribution is 2.26. The van der Waals surface area contributed by atoms with Crippen LogP contribution in [0.3, 0.4) is 0 Å². The largest absolute Gasteiger partial charge is 0.480 e. The Morgan fingerprint density at radius 2 is 2.00 bits per heavy atom. The second-order valence-electron chi connectivity index (χ2n) is 4.05. The van der Waals surface area contributed by atoms with Crippen LogP contribution in [0.25, 0.3) is 0 Å². The first-order valence-electron chi connectivity index (χ1n) is 5.12. The molecule has 3 N–H and O–H groups in total. The first-order valence-corrected chi connectivity index (χ1v) is 5.12. The maximum Gasteiger partial charge on any atom is 0.325 e. The quantitative estimate of drug-likeness (QED) is 0.512. The van der Waals surface area contributed by atoms with Crippen LogP contribution >= 0.6 is 0 Å². The third-order valence-electron chi connectivity index (χ3n) is 3.00. The van der Waals surface area contributed by atoms with E-state index in [0.717, 1.165) is 4.90 Å². The molecule has 0 unspecified atom stereocenters. The number of carboxylic acid groups (broad SMARTS) is 1. The second kappa shape index (κ2) is 3.75. The molecular formula is C9H13N3O4. The summed E-state index contributed by atoms with van der Waals surface area (Å²) in [7, 11) is 0. The van der Waals surface area contributed by atoms with E-state index in [9.17, 15) is 14.4 Å². The van der Waals surface area contributed by atoms with Gasteiger partial charge in [-0.25, -0.2) is 4.79 Å². The minimum absolute atomic E-state index is 0.415. The number of carbonyl (C=O) groups is 3. The summed E-state index contributed by atoms with van der Waals surface area (Å²) < 4.78 is 0. The summed E-state index contributed by atoms with van der Waals surface area (Å²) in [5.41, 5.74) is -0.877. The minimum atomic E-state index is -1.19. The normalized spacial score (nSPS) is 23.6. The third kappa shape index (κ3) is 1.63. The number of carboxylic acids is 1. The molecule has 88 valence electrons. The average molecular weight is 227 g/mol. The number of nitrogens with one attached hydrogen (secondary N) is 2. The van der Waals surface area contributed by atoms with E-state index in [1.54, 1.807) is 0 Å². The van der Waals surface area contributed by atoms with Gasteiger partial charge in [0, 0.05) is 0 Å². The molecule has 0 aliphatic carbocycles. The number of urea groups is 1. The molecule has 2 rings (SSSR count). The van der Waals surface area contributed by atoms with Crippen molar-refractivity contribution in [3.8, 4) is 0 Å². The number of hydrogen-bond acceptors (Lipinski definition) is 4. The van der Waals surface area contributed by atoms with Crippen molar-refractivity contribution in [2.45, 2.75) is 18.4 Å². The van der Waals surface area contributed by atoms with Crippen molar-refractivity contribution in [2.75, 3.05) is 19.6 Å². The Hall–Kier alpha value is -1.63. The van der Waals surface area contributed by atoms with Crippen molar-refractivity contribution in [3.05, 3.63) is 0 Å². The first-order chi connectivity index (χ1) is 7.55. The summed E-state index contributed by atoms with van der Waals surface area (Å²) in [6.45, 7) is 0.722. The molecule has 2 fully saturated rings. The van der Waals surface area contributed by atoms with Gasteiger partial charge >= 0.3 is 12.0 Å². The van der Waals surface area contributed by atoms with Gasteiger partial charge in [-0.1, -0.05) is 0 Å². The smallest absolute Gasteiger partial charge is 0.325 e. The molecule has 1 spiro atoms. The highest BCUT2D eigenvalue weighted by Gasteiger charge is 2.51. The number of amides is 3. The number of piperidine rings is 1. The van der Waals surface area contributed by atoms with Gasteiger partial charge in [-0.05, 0) is 25.9 Å². The van der Waals surface area contributed by atoms with E-state index in [1.165, 1.54) is 0 Å². The van der Waals surface area contributed by atoms with Crippen LogP contribution in [0.4, 0.5) is 4.79 Å². The molecule has 0 aromatic rings. The van der Waals surface area contributed by atoms with Crippen molar-refractivity contribution in [3.63, 3.8) is 0 Å². The van der Waals surface area contributed by atoms with Crippen molar-refractivity contribution in [1.82, 2.24) is 15.5 Å². The van der Waals surface area contributed by atoms with Gasteiger partial charge in [0.1, 0.15) is 12.1 Å². The van der Waals surface area contributed by atoms with Crippen LogP contribution in [0.5, 0.6) is 0 Å². The van der Waals surface area contributed by atoms with Crippen LogP contribution in [0, 0.1) is 0 Å². The fourth-order valence-corrected chi connectivity index (χ4v) is 2.15. The molecule has 7 heteroatoms. The number of nitrogens with zero attached hydrogens (tertiary/aromatic N) is 1. The summed E-state index contributed by atoms with van der Waals surface area (Å²) in [6, 6.07) is -0.602. The Labute approximate surface area is 91.8 Å². The van der Waals surface area contributed by atoms with Crippen LogP contribution in [0.1, 0.15) is 12.8 Å². The Balaban J connectivity index is 2.17. The number of hydrogen-bond donors (Lipinski definition) is 3. The minimum Gasteiger partial charge on any atom is -0.480 e. The topological polar surface area (TPSA) is 98.7 Å². The van der Waals surface area contributed by atoms with Gasteiger partial charge in [0.25, 0.3) is 5.91 Å². The van der Waals surface area contributed by atoms with Crippen LogP contribution in [-0.4, -0.2) is 53.1 Å². The van der Waals surface area contributed by atoms with Gasteiger partial charge in [-0.3, -0.25) is 14.5 Å². The van der Waals surface area contributed by atoms with E-state index in [4.69, 9.17) is 5.11 Å². The molecule has 0 atom stereocenters. The third-order valence-corrected chi connectivity index (χ3v) is 3.00. The molecule has 3 amide bonds. The maximum absolute atomic E-state index is 12.0. The zero-order chi connectivity index (χ0) is 11.8. The standard InChI is InChI=1S/C9H13N3O4/c13-6(14)5-12-7(15)9(11-8(12)16)1-3-10-4-2-9/h10H,1-5H2,(H,11,16)(H,13,14). The molecule has 7 nitrogen and oxygen atoms in total. The fourth-order valence-electron chi connectivity index (χ4n) is 2.15. The van der Waals surface area contributed by atoms with E-state index in [-0.39, 0.29) is 0 Å². The van der Waals surface area contributed by atoms with Gasteiger partial charge < -0.3 is 15.7 Å². The van der Waals surface area contributed by atoms with Crippen LogP contribution in [-0.2, 0) is 9.59 Å². The lowest BCUT2D eigenvalue weighted by molar-refractivity contribution is -0.143. The Morgan fingerprint density at radius 1 is 1.38 bits per heavy atom. The second-order valence-corrected chi connectivity index (χ2v) is 4.05. The zero-order valence-corrected chi connectivity index (χ0v) is 8.65. The predicted molar refractivity (Wildman–Crippen MR) is 52.7 cm³/mol. The summed E-state index contributed by atoms with van der Waals surface area (Å²) in [5, 5.41) is 14.3. The van der Waals surface area contributed by atoms with E-state index < -0.39 is 30.0 Å². The van der Waals surface area contributed by atoms with Crippen molar-refractivity contribution >= 4 is 17.9 Å². The maximum atomic E-state index is 12.0. The molecule has 0 bridgehead atoms. The molecule has 16 heavy (non-hydrogen) atoms. The monoisotopic (exact) mass is 227 g/mol. The van der Waals surface area contributed by atoms with Crippen molar-refractivity contribution in [1.29, 1.82) is 0 Å². The first kappa shape index (κ1) is 10.9. The van der Waals surface area contributed by atoms with Crippen molar-refractivity contribution in [2.24, 2.45) is 0 Å². The van der Waals surface area contributed by atoms with Crippen LogP contribution in [0.2, 0.25) is 0 Å². The van der Waals surface area contributed by atoms with E-state index in [0.29, 0.717) is 25.9 Å². The molecular weight excluding hydrogens is 214 g/mol. The summed E-state index contributed by atoms with van der Waals surface area (Å²) in [5.74, 6) is -1.60. The van der Waals surface area contributed by atoms with Crippen LogP contribution in [0.15, 0.2) is 0 Å². The highest BCUT2D eigenvalue weighted by molar-refractivity contribution is 6.08. The van der Waals surface area contributed by atoms with E-state index in [1.807, 2.05) is 0 Å². The Bertz CT molecular complexity index is 349. The fraction of sp³-hybridized carbons (Fsp3) is 0.667. The predicted octanol–water partition coefficient (Wildman–Crippen LogP) is -1.25. The number of aliphatic carboxylic acids is 1. The molecule has 2 heterocycles. The van der Waals surface area contributed by atoms with Gasteiger partial charge in [-0.15, -0.1) is 0 Å². The molecule has 0 aromatic heterocycles. The number of rotatable bonds is 2. The van der Waals surface area contributed by atoms with Gasteiger partial charge in [-0.2, -0.15) is 0 Å². The molecule has 0 radical (unpaired) electrons. The molecule has 2 aliphatic heterocycles. The lowest BCUT2D eigenvalue weighted by Gasteiger charge is -2.30. The van der Waals surface area contributed by atoms with Gasteiger partial charge in [0.15, 0.2) is 0 Å². The molecule has 0 saturated carbocycles. The average Bonchev–Trinajstić information content (AvgIpc) is 2.44. The zero-order valence-electron chi connectivity index (χ0n) is 8.65. The van der Waals surface area contributed by atoms with Crippen LogP contribution < -0.4 is 10.6 Å². The molecule has 0 aromatic carbocycles. The summed E-state index contributed by atoms with van der Waals surface area (Å²) in [4.78, 5) is 34.8. The lowest BCUT2D eigenvalue weighted by Crippen LogP contribution is -2.54. The van der Waals surface area contributed by atoms with E-state index in [2.05, 4.69) is 10.6 Å². The summed E-state index contributed by atoms with van der Waals surface area (Å²) >= 11 is 0. The molecule has 2 saturated heterocycles. The summed E-state index contributed by atoms with van der Waals surface area (Å²) in [6.07, 6.45) is 1.02. The highest BCUT2D eigenvalue weighted by atomic mass is 16.4. The SMILES string of the molecule is O=C(O)CN1C(=O)NC2(CCNCC2)C1=O. The number of imide groups is 1. The number of carbonyl (C=O) groups excluding carboxylic acids is 2. The molecule has 2 aliphatic rings. The van der Waals surface area contributed by atoms with Gasteiger partial charge in [0.05, 0.1) is 0 Å². The lowest BCUT2D eigenvalue weighted by atomic mass is 9.88. The van der Waals surface area contributed by atoms with Gasteiger partial charge in [0.2, 0.25) is 0 Å². The Kier molecular flexibility index (Phi) is 2.55. The Morgan fingerprint density at radius 3 is 2.56 bits per heavy atom. The van der Waals surface area contributed by atoms with Crippen molar-refractivity contribution < 1.29 is 19.5 Å². The van der Waals surface area contributed by atoms with E-state index >= 15 is 0 Å².